The summed E-state index contributed by atoms with van der Waals surface area (Å²) in [5, 5.41) is 10.2. The third-order valence-corrected chi connectivity index (χ3v) is 7.02. The number of aromatic nitrogens is 4. The van der Waals surface area contributed by atoms with Gasteiger partial charge in [-0.15, -0.1) is 10.2 Å². The molecule has 32 heavy (non-hydrogen) atoms. The van der Waals surface area contributed by atoms with Gasteiger partial charge in [0.05, 0.1) is 23.2 Å². The van der Waals surface area contributed by atoms with Crippen molar-refractivity contribution in [3.05, 3.63) is 82.6 Å². The van der Waals surface area contributed by atoms with Crippen molar-refractivity contribution in [1.29, 1.82) is 0 Å². The Morgan fingerprint density at radius 3 is 2.38 bits per heavy atom. The molecule has 0 radical (unpaired) electrons. The first-order valence-electron chi connectivity index (χ1n) is 10.7. The maximum atomic E-state index is 5.63. The minimum Gasteiger partial charge on any atom is -0.463 e. The number of benzene rings is 2. The van der Waals surface area contributed by atoms with E-state index in [-0.39, 0.29) is 0 Å². The summed E-state index contributed by atoms with van der Waals surface area (Å²) >= 11 is 1.72. The Bertz CT molecular complexity index is 1420. The van der Waals surface area contributed by atoms with Gasteiger partial charge in [-0.3, -0.25) is 4.57 Å². The van der Waals surface area contributed by atoms with E-state index in [9.17, 15) is 0 Å². The molecule has 0 fully saturated rings. The first-order valence-corrected chi connectivity index (χ1v) is 11.7. The zero-order valence-corrected chi connectivity index (χ0v) is 19.8. The molecule has 0 bridgehead atoms. The van der Waals surface area contributed by atoms with Gasteiger partial charge in [-0.2, -0.15) is 0 Å². The van der Waals surface area contributed by atoms with Crippen LogP contribution in [0.2, 0.25) is 0 Å². The predicted octanol–water partition coefficient (Wildman–Crippen LogP) is 6.54. The zero-order valence-electron chi connectivity index (χ0n) is 19.0. The second kappa shape index (κ2) is 8.02. The Hall–Kier alpha value is -3.25. The highest BCUT2D eigenvalue weighted by Gasteiger charge is 2.21. The molecule has 0 aliphatic rings. The van der Waals surface area contributed by atoms with Gasteiger partial charge in [-0.25, -0.2) is 0 Å². The molecule has 0 amide bonds. The Labute approximate surface area is 192 Å². The molecule has 0 N–H and O–H groups in total. The van der Waals surface area contributed by atoms with Crippen molar-refractivity contribution in [3.8, 4) is 17.2 Å². The minimum atomic E-state index is 0.813. The van der Waals surface area contributed by atoms with Crippen molar-refractivity contribution < 1.29 is 4.42 Å². The van der Waals surface area contributed by atoms with Crippen LogP contribution in [0.5, 0.6) is 0 Å². The molecule has 0 spiro atoms. The van der Waals surface area contributed by atoms with Gasteiger partial charge in [0.15, 0.2) is 16.6 Å². The zero-order chi connectivity index (χ0) is 22.4. The van der Waals surface area contributed by atoms with Gasteiger partial charge in [-0.1, -0.05) is 47.7 Å². The molecule has 6 heteroatoms. The molecule has 0 saturated heterocycles. The fourth-order valence-electron chi connectivity index (χ4n) is 4.40. The second-order valence-corrected chi connectivity index (χ2v) is 9.30. The molecule has 0 aliphatic heterocycles. The van der Waals surface area contributed by atoms with E-state index < -0.39 is 0 Å². The molecule has 5 nitrogen and oxygen atoms in total. The van der Waals surface area contributed by atoms with Gasteiger partial charge in [0, 0.05) is 24.9 Å². The van der Waals surface area contributed by atoms with Crippen molar-refractivity contribution in [1.82, 2.24) is 19.3 Å². The smallest absolute Gasteiger partial charge is 0.196 e. The number of aryl methyl sites for hydroxylation is 5. The van der Waals surface area contributed by atoms with Crippen LogP contribution < -0.4 is 0 Å². The SMILES string of the molecule is Cc1cc(C)c(CSc2nnc(-c3cc4occc4n3C)n2-c2ccccc2C)c(C)c1. The van der Waals surface area contributed by atoms with Gasteiger partial charge in [0.25, 0.3) is 0 Å². The third kappa shape index (κ3) is 3.45. The van der Waals surface area contributed by atoms with E-state index in [0.29, 0.717) is 0 Å². The van der Waals surface area contributed by atoms with Crippen LogP contribution in [0.15, 0.2) is 64.4 Å². The number of fused-ring (bicyclic) bond motifs is 1. The van der Waals surface area contributed by atoms with Crippen LogP contribution in [-0.2, 0) is 12.8 Å². The normalized spacial score (nSPS) is 11.5. The van der Waals surface area contributed by atoms with E-state index in [2.05, 4.69) is 83.4 Å². The van der Waals surface area contributed by atoms with Crippen molar-refractivity contribution in [2.24, 2.45) is 7.05 Å². The molecule has 162 valence electrons. The Morgan fingerprint density at radius 2 is 1.66 bits per heavy atom. The number of para-hydroxylation sites is 1. The van der Waals surface area contributed by atoms with E-state index in [0.717, 1.165) is 39.2 Å². The Morgan fingerprint density at radius 1 is 0.906 bits per heavy atom. The summed E-state index contributed by atoms with van der Waals surface area (Å²) in [6.45, 7) is 8.64. The van der Waals surface area contributed by atoms with Crippen molar-refractivity contribution in [2.75, 3.05) is 0 Å². The lowest BCUT2D eigenvalue weighted by molar-refractivity contribution is 0.616. The summed E-state index contributed by atoms with van der Waals surface area (Å²) in [4.78, 5) is 0. The lowest BCUT2D eigenvalue weighted by Gasteiger charge is -2.14. The third-order valence-electron chi connectivity index (χ3n) is 6.07. The molecule has 3 aromatic heterocycles. The van der Waals surface area contributed by atoms with E-state index in [4.69, 9.17) is 4.42 Å². The molecule has 0 saturated carbocycles. The topological polar surface area (TPSA) is 48.8 Å². The summed E-state index contributed by atoms with van der Waals surface area (Å²) in [5.41, 5.74) is 10.4. The first-order chi connectivity index (χ1) is 15.4. The number of furan rings is 1. The monoisotopic (exact) mass is 442 g/mol. The number of nitrogens with zero attached hydrogens (tertiary/aromatic N) is 4. The average molecular weight is 443 g/mol. The number of rotatable bonds is 5. The fourth-order valence-corrected chi connectivity index (χ4v) is 5.54. The molecule has 0 unspecified atom stereocenters. The Balaban J connectivity index is 1.62. The maximum Gasteiger partial charge on any atom is 0.196 e. The molecule has 5 rings (SSSR count). The largest absolute Gasteiger partial charge is 0.463 e. The minimum absolute atomic E-state index is 0.813. The predicted molar refractivity (Wildman–Crippen MR) is 130 cm³/mol. The Kier molecular flexibility index (Phi) is 5.18. The van der Waals surface area contributed by atoms with Crippen molar-refractivity contribution in [3.63, 3.8) is 0 Å². The van der Waals surface area contributed by atoms with Crippen LogP contribution in [0.1, 0.15) is 27.8 Å². The molecular weight excluding hydrogens is 416 g/mol. The van der Waals surface area contributed by atoms with E-state index in [1.165, 1.54) is 27.8 Å². The summed E-state index contributed by atoms with van der Waals surface area (Å²) in [5.74, 6) is 1.66. The maximum absolute atomic E-state index is 5.63. The molecule has 5 aromatic rings. The van der Waals surface area contributed by atoms with Gasteiger partial charge >= 0.3 is 0 Å². The molecular formula is C26H26N4OS. The van der Waals surface area contributed by atoms with Gasteiger partial charge in [0.2, 0.25) is 0 Å². The number of hydrogen-bond donors (Lipinski definition) is 0. The summed E-state index contributed by atoms with van der Waals surface area (Å²) in [6.07, 6.45) is 1.72. The lowest BCUT2D eigenvalue weighted by atomic mass is 10.0. The van der Waals surface area contributed by atoms with E-state index in [1.54, 1.807) is 18.0 Å². The van der Waals surface area contributed by atoms with Crippen molar-refractivity contribution in [2.45, 2.75) is 38.6 Å². The summed E-state index contributed by atoms with van der Waals surface area (Å²) in [7, 11) is 2.04. The number of thioether (sulfide) groups is 1. The van der Waals surface area contributed by atoms with Crippen LogP contribution in [-0.4, -0.2) is 19.3 Å². The van der Waals surface area contributed by atoms with Gasteiger partial charge in [-0.05, 0) is 56.0 Å². The highest BCUT2D eigenvalue weighted by Crippen LogP contribution is 2.34. The highest BCUT2D eigenvalue weighted by atomic mass is 32.2. The number of hydrogen-bond acceptors (Lipinski definition) is 4. The lowest BCUT2D eigenvalue weighted by Crippen LogP contribution is -2.04. The molecule has 0 atom stereocenters. The van der Waals surface area contributed by atoms with Crippen molar-refractivity contribution >= 4 is 22.9 Å². The molecule has 0 aliphatic carbocycles. The van der Waals surface area contributed by atoms with Crippen LogP contribution in [0.25, 0.3) is 28.3 Å². The van der Waals surface area contributed by atoms with Gasteiger partial charge in [0.1, 0.15) is 0 Å². The summed E-state index contributed by atoms with van der Waals surface area (Å²) in [6, 6.07) is 16.9. The van der Waals surface area contributed by atoms with E-state index >= 15 is 0 Å². The molecule has 2 aromatic carbocycles. The van der Waals surface area contributed by atoms with Crippen LogP contribution >= 0.6 is 11.8 Å². The average Bonchev–Trinajstić information content (AvgIpc) is 3.44. The van der Waals surface area contributed by atoms with Gasteiger partial charge < -0.3 is 8.98 Å². The quantitative estimate of drug-likeness (QED) is 0.290. The first kappa shape index (κ1) is 20.6. The van der Waals surface area contributed by atoms with Crippen LogP contribution in [0.4, 0.5) is 0 Å². The fraction of sp³-hybridized carbons (Fsp3) is 0.231. The second-order valence-electron chi connectivity index (χ2n) is 8.35. The standard InChI is InChI=1S/C26H26N4OS/c1-16-12-18(3)20(19(4)13-16)15-32-26-28-27-25(30(26)21-9-7-6-8-17(21)2)23-14-24-22(29(23)5)10-11-31-24/h6-14H,15H2,1-5H3. The highest BCUT2D eigenvalue weighted by molar-refractivity contribution is 7.98. The summed E-state index contributed by atoms with van der Waals surface area (Å²) < 4.78 is 9.92. The van der Waals surface area contributed by atoms with Crippen LogP contribution in [0, 0.1) is 27.7 Å². The van der Waals surface area contributed by atoms with Crippen LogP contribution in [0.3, 0.4) is 0 Å². The van der Waals surface area contributed by atoms with E-state index in [1.807, 2.05) is 19.2 Å². The molecule has 3 heterocycles.